The topological polar surface area (TPSA) is 3.24 Å². The number of hydrogen-bond donors (Lipinski definition) is 0. The molecular weight excluding hydrogens is 419 g/mol. The molecule has 0 bridgehead atoms. The number of alkyl halides is 3. The van der Waals surface area contributed by atoms with Crippen molar-refractivity contribution >= 4 is 11.3 Å². The lowest BCUT2D eigenvalue weighted by Gasteiger charge is -2.42. The van der Waals surface area contributed by atoms with Crippen molar-refractivity contribution in [1.82, 2.24) is 4.90 Å². The number of fused-ring (bicyclic) bond motifs is 1. The van der Waals surface area contributed by atoms with Gasteiger partial charge in [-0.2, -0.15) is 13.2 Å². The first kappa shape index (κ1) is 22.7. The van der Waals surface area contributed by atoms with E-state index >= 15 is 0 Å². The number of benzene rings is 3. The molecule has 0 N–H and O–H groups in total. The highest BCUT2D eigenvalue weighted by Crippen LogP contribution is 2.47. The van der Waals surface area contributed by atoms with Gasteiger partial charge in [0.05, 0.1) is 11.6 Å². The maximum Gasteiger partial charge on any atom is 0.416 e. The van der Waals surface area contributed by atoms with Gasteiger partial charge < -0.3 is 4.90 Å². The summed E-state index contributed by atoms with van der Waals surface area (Å²) in [6.45, 7) is 8.56. The van der Waals surface area contributed by atoms with Crippen LogP contribution in [-0.2, 0) is 12.7 Å². The van der Waals surface area contributed by atoms with Gasteiger partial charge in [0, 0.05) is 12.2 Å². The lowest BCUT2D eigenvalue weighted by Crippen LogP contribution is -2.31. The van der Waals surface area contributed by atoms with Gasteiger partial charge in [-0.05, 0) is 52.8 Å². The van der Waals surface area contributed by atoms with Crippen LogP contribution in [0.2, 0.25) is 0 Å². The minimum Gasteiger partial charge on any atom is -0.359 e. The molecule has 4 rings (SSSR count). The molecular formula is C29H26F3N. The molecule has 1 atom stereocenters. The summed E-state index contributed by atoms with van der Waals surface area (Å²) in [4.78, 5) is 2.31. The van der Waals surface area contributed by atoms with Gasteiger partial charge in [0.15, 0.2) is 0 Å². The van der Waals surface area contributed by atoms with Gasteiger partial charge in [0.25, 0.3) is 0 Å². The first-order valence-electron chi connectivity index (χ1n) is 11.0. The zero-order valence-electron chi connectivity index (χ0n) is 18.4. The van der Waals surface area contributed by atoms with E-state index in [2.05, 4.69) is 42.3 Å². The van der Waals surface area contributed by atoms with E-state index in [1.807, 2.05) is 42.5 Å². The molecule has 1 heterocycles. The highest BCUT2D eigenvalue weighted by atomic mass is 19.4. The number of rotatable bonds is 7. The monoisotopic (exact) mass is 445 g/mol. The molecule has 4 heteroatoms. The molecule has 1 aliphatic heterocycles. The van der Waals surface area contributed by atoms with E-state index in [-0.39, 0.29) is 6.04 Å². The Morgan fingerprint density at radius 3 is 2.12 bits per heavy atom. The summed E-state index contributed by atoms with van der Waals surface area (Å²) in [5.41, 5.74) is 5.57. The summed E-state index contributed by atoms with van der Waals surface area (Å²) >= 11 is 0. The minimum atomic E-state index is -4.37. The van der Waals surface area contributed by atoms with Crippen LogP contribution in [0.25, 0.3) is 11.3 Å². The Bertz CT molecular complexity index is 1160. The number of hydrogen-bond acceptors (Lipinski definition) is 1. The molecule has 1 nitrogen and oxygen atoms in total. The second kappa shape index (κ2) is 9.53. The summed E-state index contributed by atoms with van der Waals surface area (Å²) < 4.78 is 39.7. The molecule has 0 saturated carbocycles. The van der Waals surface area contributed by atoms with Crippen molar-refractivity contribution < 1.29 is 13.2 Å². The van der Waals surface area contributed by atoms with Crippen LogP contribution in [0.15, 0.2) is 104 Å². The van der Waals surface area contributed by atoms with Crippen molar-refractivity contribution in [2.24, 2.45) is 0 Å². The molecule has 168 valence electrons. The van der Waals surface area contributed by atoms with Crippen molar-refractivity contribution in [3.05, 3.63) is 132 Å². The Morgan fingerprint density at radius 1 is 0.818 bits per heavy atom. The maximum atomic E-state index is 13.2. The van der Waals surface area contributed by atoms with E-state index in [4.69, 9.17) is 0 Å². The standard InChI is InChI=1S/C29H26F3N/c1-3-10-26-24-14-8-9-15-25(24)27(11-4-2)33(20-21-12-6-5-7-13-21)28(26)22-16-18-23(19-17-22)29(30,31)32/h3-9,12-19,27H,1-2,10-11,20H2. The highest BCUT2D eigenvalue weighted by molar-refractivity contribution is 5.93. The van der Waals surface area contributed by atoms with E-state index in [0.29, 0.717) is 13.0 Å². The first-order chi connectivity index (χ1) is 15.9. The summed E-state index contributed by atoms with van der Waals surface area (Å²) in [6.07, 6.45) is 0.715. The van der Waals surface area contributed by atoms with Crippen LogP contribution in [0.1, 0.15) is 46.7 Å². The van der Waals surface area contributed by atoms with Crippen LogP contribution in [0.5, 0.6) is 0 Å². The molecule has 1 aliphatic rings. The maximum absolute atomic E-state index is 13.2. The normalized spacial score (nSPS) is 15.8. The van der Waals surface area contributed by atoms with Crippen molar-refractivity contribution in [2.45, 2.75) is 31.6 Å². The molecule has 0 aromatic heterocycles. The lowest BCUT2D eigenvalue weighted by atomic mass is 9.83. The van der Waals surface area contributed by atoms with Crippen LogP contribution >= 0.6 is 0 Å². The second-order valence-electron chi connectivity index (χ2n) is 8.14. The fraction of sp³-hybridized carbons (Fsp3) is 0.172. The van der Waals surface area contributed by atoms with Crippen LogP contribution in [0, 0.1) is 0 Å². The van der Waals surface area contributed by atoms with E-state index in [9.17, 15) is 13.2 Å². The van der Waals surface area contributed by atoms with Gasteiger partial charge in [-0.15, -0.1) is 13.2 Å². The Morgan fingerprint density at radius 2 is 1.48 bits per heavy atom. The summed E-state index contributed by atoms with van der Waals surface area (Å²) in [7, 11) is 0. The molecule has 33 heavy (non-hydrogen) atoms. The predicted octanol–water partition coefficient (Wildman–Crippen LogP) is 8.28. The third-order valence-corrected chi connectivity index (χ3v) is 6.01. The Kier molecular flexibility index (Phi) is 6.55. The fourth-order valence-corrected chi connectivity index (χ4v) is 4.58. The van der Waals surface area contributed by atoms with Gasteiger partial charge >= 0.3 is 6.18 Å². The largest absolute Gasteiger partial charge is 0.416 e. The number of halogens is 3. The highest BCUT2D eigenvalue weighted by Gasteiger charge is 2.34. The Balaban J connectivity index is 1.94. The van der Waals surface area contributed by atoms with Crippen molar-refractivity contribution in [3.63, 3.8) is 0 Å². The third-order valence-electron chi connectivity index (χ3n) is 6.01. The smallest absolute Gasteiger partial charge is 0.359 e. The molecule has 0 fully saturated rings. The third kappa shape index (κ3) is 4.65. The number of allylic oxidation sites excluding steroid dienone is 2. The molecule has 0 radical (unpaired) electrons. The average Bonchev–Trinajstić information content (AvgIpc) is 2.82. The van der Waals surface area contributed by atoms with Crippen LogP contribution in [0.4, 0.5) is 13.2 Å². The molecule has 0 saturated heterocycles. The zero-order chi connectivity index (χ0) is 23.4. The van der Waals surface area contributed by atoms with Gasteiger partial charge in [0.2, 0.25) is 0 Å². The van der Waals surface area contributed by atoms with Crippen LogP contribution in [-0.4, -0.2) is 4.90 Å². The van der Waals surface area contributed by atoms with E-state index in [0.717, 1.165) is 46.5 Å². The lowest BCUT2D eigenvalue weighted by molar-refractivity contribution is -0.137. The van der Waals surface area contributed by atoms with Gasteiger partial charge in [-0.25, -0.2) is 0 Å². The van der Waals surface area contributed by atoms with Crippen LogP contribution < -0.4 is 0 Å². The van der Waals surface area contributed by atoms with E-state index in [1.165, 1.54) is 5.56 Å². The Hall–Kier alpha value is -3.53. The quantitative estimate of drug-likeness (QED) is 0.331. The molecule has 0 aliphatic carbocycles. The van der Waals surface area contributed by atoms with Crippen LogP contribution in [0.3, 0.4) is 0 Å². The summed E-state index contributed by atoms with van der Waals surface area (Å²) in [6, 6.07) is 23.9. The fourth-order valence-electron chi connectivity index (χ4n) is 4.58. The SMILES string of the molecule is C=CCC1=C(c2ccc(C(F)(F)F)cc2)N(Cc2ccccc2)C(CC=C)c2ccccc21. The Labute approximate surface area is 193 Å². The van der Waals surface area contributed by atoms with Crippen molar-refractivity contribution in [1.29, 1.82) is 0 Å². The van der Waals surface area contributed by atoms with Gasteiger partial charge in [-0.3, -0.25) is 0 Å². The molecule has 3 aromatic carbocycles. The molecule has 0 amide bonds. The summed E-state index contributed by atoms with van der Waals surface area (Å²) in [5.74, 6) is 0. The van der Waals surface area contributed by atoms with Gasteiger partial charge in [0.1, 0.15) is 0 Å². The second-order valence-corrected chi connectivity index (χ2v) is 8.14. The van der Waals surface area contributed by atoms with Gasteiger partial charge in [-0.1, -0.05) is 78.9 Å². The molecule has 1 unspecified atom stereocenters. The molecule has 0 spiro atoms. The minimum absolute atomic E-state index is 0.0183. The van der Waals surface area contributed by atoms with Crippen molar-refractivity contribution in [3.8, 4) is 0 Å². The zero-order valence-corrected chi connectivity index (χ0v) is 18.4. The average molecular weight is 446 g/mol. The molecule has 3 aromatic rings. The van der Waals surface area contributed by atoms with Crippen molar-refractivity contribution in [2.75, 3.05) is 0 Å². The van der Waals surface area contributed by atoms with E-state index in [1.54, 1.807) is 12.1 Å². The van der Waals surface area contributed by atoms with E-state index < -0.39 is 11.7 Å². The number of nitrogens with zero attached hydrogens (tertiary/aromatic N) is 1. The first-order valence-corrected chi connectivity index (χ1v) is 11.0. The predicted molar refractivity (Wildman–Crippen MR) is 129 cm³/mol. The summed E-state index contributed by atoms with van der Waals surface area (Å²) in [5, 5.41) is 0.